The molecule has 1 saturated heterocycles. The van der Waals surface area contributed by atoms with E-state index < -0.39 is 0 Å². The van der Waals surface area contributed by atoms with Crippen LogP contribution in [0.4, 0.5) is 0 Å². The van der Waals surface area contributed by atoms with Crippen LogP contribution in [0.15, 0.2) is 42.5 Å². The van der Waals surface area contributed by atoms with Gasteiger partial charge in [0.1, 0.15) is 17.2 Å². The summed E-state index contributed by atoms with van der Waals surface area (Å²) < 4.78 is 15.6. The van der Waals surface area contributed by atoms with Gasteiger partial charge in [0, 0.05) is 36.3 Å². The number of hydrogen-bond donors (Lipinski definition) is 1. The Kier molecular flexibility index (Phi) is 6.59. The minimum absolute atomic E-state index is 0.00838. The molecule has 1 fully saturated rings. The molecular formula is C22H26N2O5. The van der Waals surface area contributed by atoms with Gasteiger partial charge in [0.25, 0.3) is 11.8 Å². The molecule has 0 spiro atoms. The van der Waals surface area contributed by atoms with E-state index in [1.54, 1.807) is 57.7 Å². The molecule has 29 heavy (non-hydrogen) atoms. The standard InChI is InChI=1S/C22H26N2O5/c1-27-18-6-4-5-15(11-18)22(26)24-9-7-17(8-10-24)23-21(25)16-12-19(28-2)14-20(13-16)29-3/h4-6,11-14,17H,7-10H2,1-3H3,(H,23,25). The van der Waals surface area contributed by atoms with Crippen LogP contribution in [0.3, 0.4) is 0 Å². The van der Waals surface area contributed by atoms with E-state index in [1.165, 1.54) is 0 Å². The summed E-state index contributed by atoms with van der Waals surface area (Å²) in [6, 6.07) is 12.2. The minimum Gasteiger partial charge on any atom is -0.497 e. The van der Waals surface area contributed by atoms with Crippen molar-refractivity contribution in [3.05, 3.63) is 53.6 Å². The van der Waals surface area contributed by atoms with Gasteiger partial charge in [0.15, 0.2) is 0 Å². The van der Waals surface area contributed by atoms with Gasteiger partial charge in [0.2, 0.25) is 0 Å². The molecule has 3 rings (SSSR count). The average molecular weight is 398 g/mol. The number of nitrogens with zero attached hydrogens (tertiary/aromatic N) is 1. The van der Waals surface area contributed by atoms with E-state index in [0.717, 1.165) is 0 Å². The van der Waals surface area contributed by atoms with E-state index in [-0.39, 0.29) is 17.9 Å². The van der Waals surface area contributed by atoms with E-state index in [0.29, 0.717) is 54.3 Å². The van der Waals surface area contributed by atoms with Crippen LogP contribution in [0.25, 0.3) is 0 Å². The Labute approximate surface area is 170 Å². The predicted octanol–water partition coefficient (Wildman–Crippen LogP) is 2.75. The lowest BCUT2D eigenvalue weighted by molar-refractivity contribution is 0.0697. The second kappa shape index (κ2) is 9.32. The van der Waals surface area contributed by atoms with E-state index in [2.05, 4.69) is 5.32 Å². The predicted molar refractivity (Wildman–Crippen MR) is 109 cm³/mol. The number of methoxy groups -OCH3 is 3. The lowest BCUT2D eigenvalue weighted by atomic mass is 10.0. The van der Waals surface area contributed by atoms with Crippen LogP contribution in [-0.2, 0) is 0 Å². The van der Waals surface area contributed by atoms with Crippen molar-refractivity contribution < 1.29 is 23.8 Å². The highest BCUT2D eigenvalue weighted by Gasteiger charge is 2.25. The topological polar surface area (TPSA) is 77.1 Å². The maximum absolute atomic E-state index is 12.7. The summed E-state index contributed by atoms with van der Waals surface area (Å²) in [7, 11) is 4.67. The van der Waals surface area contributed by atoms with Crippen LogP contribution in [0, 0.1) is 0 Å². The monoisotopic (exact) mass is 398 g/mol. The molecule has 0 aliphatic carbocycles. The maximum atomic E-state index is 12.7. The molecule has 2 aromatic carbocycles. The van der Waals surface area contributed by atoms with E-state index in [9.17, 15) is 9.59 Å². The molecule has 0 atom stereocenters. The number of carbonyl (C=O) groups excluding carboxylic acids is 2. The van der Waals surface area contributed by atoms with Crippen molar-refractivity contribution in [2.24, 2.45) is 0 Å². The largest absolute Gasteiger partial charge is 0.497 e. The third kappa shape index (κ3) is 4.99. The molecule has 0 radical (unpaired) electrons. The quantitative estimate of drug-likeness (QED) is 0.810. The first-order chi connectivity index (χ1) is 14.0. The highest BCUT2D eigenvalue weighted by Crippen LogP contribution is 2.23. The van der Waals surface area contributed by atoms with Gasteiger partial charge in [-0.3, -0.25) is 9.59 Å². The zero-order chi connectivity index (χ0) is 20.8. The summed E-state index contributed by atoms with van der Waals surface area (Å²) in [6.45, 7) is 1.17. The molecule has 2 amide bonds. The van der Waals surface area contributed by atoms with Crippen molar-refractivity contribution >= 4 is 11.8 Å². The SMILES string of the molecule is COc1cc(OC)cc(C(=O)NC2CCN(C(=O)c3cccc(OC)c3)CC2)c1. The molecule has 1 aliphatic heterocycles. The summed E-state index contributed by atoms with van der Waals surface area (Å²) >= 11 is 0. The van der Waals surface area contributed by atoms with Gasteiger partial charge in [-0.1, -0.05) is 6.07 Å². The minimum atomic E-state index is -0.181. The van der Waals surface area contributed by atoms with Crippen LogP contribution in [0.5, 0.6) is 17.2 Å². The molecule has 0 aromatic heterocycles. The van der Waals surface area contributed by atoms with Gasteiger partial charge < -0.3 is 24.4 Å². The van der Waals surface area contributed by atoms with Gasteiger partial charge in [-0.25, -0.2) is 0 Å². The second-order valence-corrected chi connectivity index (χ2v) is 6.87. The van der Waals surface area contributed by atoms with Crippen LogP contribution in [0.2, 0.25) is 0 Å². The lowest BCUT2D eigenvalue weighted by Crippen LogP contribution is -2.46. The van der Waals surface area contributed by atoms with Crippen molar-refractivity contribution in [3.8, 4) is 17.2 Å². The van der Waals surface area contributed by atoms with Gasteiger partial charge in [-0.2, -0.15) is 0 Å². The number of piperidine rings is 1. The molecule has 0 unspecified atom stereocenters. The Bertz CT molecular complexity index is 853. The van der Waals surface area contributed by atoms with E-state index in [4.69, 9.17) is 14.2 Å². The number of benzene rings is 2. The molecule has 0 saturated carbocycles. The molecular weight excluding hydrogens is 372 g/mol. The number of rotatable bonds is 6. The van der Waals surface area contributed by atoms with Gasteiger partial charge in [-0.15, -0.1) is 0 Å². The number of nitrogens with one attached hydrogen (secondary N) is 1. The van der Waals surface area contributed by atoms with Crippen LogP contribution in [0.1, 0.15) is 33.6 Å². The Morgan fingerprint density at radius 2 is 1.45 bits per heavy atom. The molecule has 1 aliphatic rings. The van der Waals surface area contributed by atoms with Crippen LogP contribution < -0.4 is 19.5 Å². The fourth-order valence-electron chi connectivity index (χ4n) is 3.37. The third-order valence-electron chi connectivity index (χ3n) is 5.05. The van der Waals surface area contributed by atoms with E-state index in [1.807, 2.05) is 11.0 Å². The van der Waals surface area contributed by atoms with Gasteiger partial charge in [0.05, 0.1) is 21.3 Å². The second-order valence-electron chi connectivity index (χ2n) is 6.87. The van der Waals surface area contributed by atoms with Crippen LogP contribution >= 0.6 is 0 Å². The number of ether oxygens (including phenoxy) is 3. The van der Waals surface area contributed by atoms with Crippen molar-refractivity contribution in [1.82, 2.24) is 10.2 Å². The lowest BCUT2D eigenvalue weighted by Gasteiger charge is -2.32. The fraction of sp³-hybridized carbons (Fsp3) is 0.364. The van der Waals surface area contributed by atoms with Crippen molar-refractivity contribution in [2.75, 3.05) is 34.4 Å². The Hall–Kier alpha value is -3.22. The van der Waals surface area contributed by atoms with Gasteiger partial charge >= 0.3 is 0 Å². The number of likely N-dealkylation sites (tertiary alicyclic amines) is 1. The summed E-state index contributed by atoms with van der Waals surface area (Å²) in [5.41, 5.74) is 1.09. The first-order valence-electron chi connectivity index (χ1n) is 9.51. The molecule has 7 heteroatoms. The first kappa shape index (κ1) is 20.5. The maximum Gasteiger partial charge on any atom is 0.253 e. The number of amides is 2. The summed E-state index contributed by atoms with van der Waals surface area (Å²) in [4.78, 5) is 27.2. The molecule has 0 bridgehead atoms. The summed E-state index contributed by atoms with van der Waals surface area (Å²) in [6.07, 6.45) is 1.39. The summed E-state index contributed by atoms with van der Waals surface area (Å²) in [5, 5.41) is 3.05. The zero-order valence-electron chi connectivity index (χ0n) is 16.9. The summed E-state index contributed by atoms with van der Waals surface area (Å²) in [5.74, 6) is 1.58. The van der Waals surface area contributed by atoms with Crippen molar-refractivity contribution in [1.29, 1.82) is 0 Å². The zero-order valence-corrected chi connectivity index (χ0v) is 16.9. The number of hydrogen-bond acceptors (Lipinski definition) is 5. The van der Waals surface area contributed by atoms with Crippen LogP contribution in [-0.4, -0.2) is 57.2 Å². The molecule has 154 valence electrons. The normalized spacial score (nSPS) is 14.2. The smallest absolute Gasteiger partial charge is 0.253 e. The van der Waals surface area contributed by atoms with Crippen molar-refractivity contribution in [3.63, 3.8) is 0 Å². The molecule has 7 nitrogen and oxygen atoms in total. The van der Waals surface area contributed by atoms with Crippen molar-refractivity contribution in [2.45, 2.75) is 18.9 Å². The first-order valence-corrected chi connectivity index (χ1v) is 9.51. The average Bonchev–Trinajstić information content (AvgIpc) is 2.78. The fourth-order valence-corrected chi connectivity index (χ4v) is 3.37. The van der Waals surface area contributed by atoms with E-state index >= 15 is 0 Å². The highest BCUT2D eigenvalue weighted by atomic mass is 16.5. The number of carbonyl (C=O) groups is 2. The Morgan fingerprint density at radius 3 is 2.03 bits per heavy atom. The Balaban J connectivity index is 1.58. The highest BCUT2D eigenvalue weighted by molar-refractivity contribution is 5.96. The van der Waals surface area contributed by atoms with Gasteiger partial charge in [-0.05, 0) is 43.2 Å². The molecule has 1 N–H and O–H groups in total. The third-order valence-corrected chi connectivity index (χ3v) is 5.05. The molecule has 1 heterocycles. The molecule has 2 aromatic rings. The Morgan fingerprint density at radius 1 is 0.862 bits per heavy atom.